The zero-order chi connectivity index (χ0) is 18.8. The second-order valence-corrected chi connectivity index (χ2v) is 8.43. The van der Waals surface area contributed by atoms with E-state index in [4.69, 9.17) is 4.74 Å². The van der Waals surface area contributed by atoms with Gasteiger partial charge in [0.05, 0.1) is 12.7 Å². The number of carbonyl (C=O) groups excluding carboxylic acids is 2. The zero-order valence-electron chi connectivity index (χ0n) is 14.5. The van der Waals surface area contributed by atoms with Crippen molar-refractivity contribution in [1.29, 1.82) is 0 Å². The minimum absolute atomic E-state index is 0.127. The molecule has 3 rings (SSSR count). The summed E-state index contributed by atoms with van der Waals surface area (Å²) in [5, 5.41) is 3.30. The molecule has 0 unspecified atom stereocenters. The molecule has 2 aromatic heterocycles. The molecule has 1 aliphatic rings. The Hall–Kier alpha value is -1.93. The van der Waals surface area contributed by atoms with Crippen LogP contribution in [0.15, 0.2) is 27.6 Å². The number of nitrogens with zero attached hydrogens (tertiary/aromatic N) is 1. The molecule has 2 heterocycles. The Bertz CT molecular complexity index is 918. The summed E-state index contributed by atoms with van der Waals surface area (Å²) in [6.07, 6.45) is 4.27. The summed E-state index contributed by atoms with van der Waals surface area (Å²) in [4.78, 5) is 37.7. The minimum Gasteiger partial charge on any atom is -0.465 e. The van der Waals surface area contributed by atoms with Gasteiger partial charge < -0.3 is 14.6 Å². The van der Waals surface area contributed by atoms with Crippen molar-refractivity contribution in [2.45, 2.75) is 32.7 Å². The van der Waals surface area contributed by atoms with Gasteiger partial charge in [-0.15, -0.1) is 11.3 Å². The lowest BCUT2D eigenvalue weighted by molar-refractivity contribution is -0.116. The Morgan fingerprint density at radius 2 is 2.19 bits per heavy atom. The highest BCUT2D eigenvalue weighted by atomic mass is 79.9. The van der Waals surface area contributed by atoms with Crippen LogP contribution in [0.3, 0.4) is 0 Å². The largest absolute Gasteiger partial charge is 0.465 e. The van der Waals surface area contributed by atoms with Gasteiger partial charge in [-0.25, -0.2) is 4.79 Å². The maximum absolute atomic E-state index is 12.5. The molecule has 0 saturated carbocycles. The van der Waals surface area contributed by atoms with E-state index in [-0.39, 0.29) is 18.0 Å². The number of fused-ring (bicyclic) bond motifs is 1. The Balaban J connectivity index is 1.87. The fraction of sp³-hybridized carbons (Fsp3) is 0.389. The van der Waals surface area contributed by atoms with E-state index < -0.39 is 5.97 Å². The molecular weight excluding hydrogens is 420 g/mol. The van der Waals surface area contributed by atoms with Crippen molar-refractivity contribution in [3.63, 3.8) is 0 Å². The number of pyridine rings is 1. The number of anilines is 1. The van der Waals surface area contributed by atoms with Gasteiger partial charge in [-0.2, -0.15) is 0 Å². The number of esters is 1. The van der Waals surface area contributed by atoms with E-state index in [1.165, 1.54) is 29.1 Å². The number of thiophene rings is 1. The van der Waals surface area contributed by atoms with Crippen LogP contribution >= 0.6 is 27.3 Å². The van der Waals surface area contributed by atoms with Gasteiger partial charge in [-0.05, 0) is 52.7 Å². The molecule has 0 fully saturated rings. The predicted octanol–water partition coefficient (Wildman–Crippen LogP) is 3.22. The monoisotopic (exact) mass is 438 g/mol. The second-order valence-electron chi connectivity index (χ2n) is 6.41. The van der Waals surface area contributed by atoms with Crippen molar-refractivity contribution >= 4 is 44.1 Å². The van der Waals surface area contributed by atoms with Crippen molar-refractivity contribution in [1.82, 2.24) is 4.57 Å². The minimum atomic E-state index is -0.438. The first kappa shape index (κ1) is 18.8. The fourth-order valence-electron chi connectivity index (χ4n) is 3.10. The number of halogens is 1. The SMILES string of the molecule is COC(=O)c1c(NC(=O)Cn2cc(Br)ccc2=O)sc2c1CC[C@@H](C)C2. The van der Waals surface area contributed by atoms with Crippen LogP contribution in [0.2, 0.25) is 0 Å². The standard InChI is InChI=1S/C18H19BrN2O4S/c1-10-3-5-12-13(7-10)26-17(16(12)18(24)25-2)20-14(22)9-21-8-11(19)4-6-15(21)23/h4,6,8,10H,3,5,7,9H2,1-2H3,(H,20,22)/t10-/m1/s1. The molecule has 26 heavy (non-hydrogen) atoms. The van der Waals surface area contributed by atoms with E-state index in [9.17, 15) is 14.4 Å². The predicted molar refractivity (Wildman–Crippen MR) is 104 cm³/mol. The highest BCUT2D eigenvalue weighted by Gasteiger charge is 2.28. The maximum atomic E-state index is 12.5. The third-order valence-electron chi connectivity index (χ3n) is 4.42. The number of rotatable bonds is 4. The molecule has 138 valence electrons. The van der Waals surface area contributed by atoms with E-state index in [0.29, 0.717) is 21.0 Å². The van der Waals surface area contributed by atoms with Crippen molar-refractivity contribution in [3.8, 4) is 0 Å². The first-order valence-corrected chi connectivity index (χ1v) is 9.88. The van der Waals surface area contributed by atoms with Crippen LogP contribution in [-0.4, -0.2) is 23.6 Å². The molecule has 1 aliphatic carbocycles. The zero-order valence-corrected chi connectivity index (χ0v) is 16.9. The van der Waals surface area contributed by atoms with Crippen LogP contribution in [0.5, 0.6) is 0 Å². The third kappa shape index (κ3) is 3.91. The maximum Gasteiger partial charge on any atom is 0.341 e. The van der Waals surface area contributed by atoms with E-state index in [0.717, 1.165) is 29.7 Å². The van der Waals surface area contributed by atoms with Gasteiger partial charge in [-0.1, -0.05) is 6.92 Å². The molecule has 6 nitrogen and oxygen atoms in total. The Morgan fingerprint density at radius 3 is 2.92 bits per heavy atom. The average molecular weight is 439 g/mol. The van der Waals surface area contributed by atoms with E-state index in [1.54, 1.807) is 12.3 Å². The van der Waals surface area contributed by atoms with Gasteiger partial charge in [0.1, 0.15) is 11.5 Å². The van der Waals surface area contributed by atoms with Gasteiger partial charge in [0.2, 0.25) is 5.91 Å². The number of methoxy groups -OCH3 is 1. The second kappa shape index (κ2) is 7.75. The van der Waals surface area contributed by atoms with Gasteiger partial charge in [0, 0.05) is 21.6 Å². The van der Waals surface area contributed by atoms with Crippen LogP contribution in [0.1, 0.15) is 34.1 Å². The molecule has 0 spiro atoms. The number of nitrogens with one attached hydrogen (secondary N) is 1. The smallest absolute Gasteiger partial charge is 0.341 e. The molecule has 1 N–H and O–H groups in total. The molecule has 2 aromatic rings. The van der Waals surface area contributed by atoms with Crippen LogP contribution in [0.4, 0.5) is 5.00 Å². The highest BCUT2D eigenvalue weighted by Crippen LogP contribution is 2.40. The summed E-state index contributed by atoms with van der Waals surface area (Å²) in [7, 11) is 1.34. The molecule has 0 radical (unpaired) electrons. The normalized spacial score (nSPS) is 16.0. The van der Waals surface area contributed by atoms with Crippen LogP contribution in [0.25, 0.3) is 0 Å². The summed E-state index contributed by atoms with van der Waals surface area (Å²) < 4.78 is 6.94. The first-order valence-electron chi connectivity index (χ1n) is 8.27. The Morgan fingerprint density at radius 1 is 1.42 bits per heavy atom. The van der Waals surface area contributed by atoms with E-state index >= 15 is 0 Å². The molecule has 0 aromatic carbocycles. The third-order valence-corrected chi connectivity index (χ3v) is 6.05. The number of ether oxygens (including phenoxy) is 1. The van der Waals surface area contributed by atoms with Crippen molar-refractivity contribution in [2.24, 2.45) is 5.92 Å². The van der Waals surface area contributed by atoms with Crippen molar-refractivity contribution in [2.75, 3.05) is 12.4 Å². The number of hydrogen-bond acceptors (Lipinski definition) is 5. The molecule has 0 aliphatic heterocycles. The molecule has 8 heteroatoms. The Kier molecular flexibility index (Phi) is 5.62. The van der Waals surface area contributed by atoms with Crippen LogP contribution in [-0.2, 0) is 28.9 Å². The first-order chi connectivity index (χ1) is 12.4. The molecule has 0 bridgehead atoms. The van der Waals surface area contributed by atoms with Gasteiger partial charge in [-0.3, -0.25) is 9.59 Å². The quantitative estimate of drug-likeness (QED) is 0.743. The van der Waals surface area contributed by atoms with Crippen molar-refractivity contribution in [3.05, 3.63) is 49.2 Å². The van der Waals surface area contributed by atoms with Gasteiger partial charge >= 0.3 is 5.97 Å². The van der Waals surface area contributed by atoms with Crippen LogP contribution in [0, 0.1) is 5.92 Å². The van der Waals surface area contributed by atoms with Gasteiger partial charge in [0.25, 0.3) is 5.56 Å². The number of aromatic nitrogens is 1. The molecule has 0 saturated heterocycles. The summed E-state index contributed by atoms with van der Waals surface area (Å²) in [6, 6.07) is 3.02. The molecule has 1 atom stereocenters. The Labute approximate surface area is 163 Å². The number of carbonyl (C=O) groups is 2. The fourth-order valence-corrected chi connectivity index (χ4v) is 4.90. The van der Waals surface area contributed by atoms with Crippen molar-refractivity contribution < 1.29 is 14.3 Å². The highest BCUT2D eigenvalue weighted by molar-refractivity contribution is 9.10. The molecule has 1 amide bonds. The number of hydrogen-bond donors (Lipinski definition) is 1. The van der Waals surface area contributed by atoms with Gasteiger partial charge in [0.15, 0.2) is 0 Å². The summed E-state index contributed by atoms with van der Waals surface area (Å²) in [6.45, 7) is 2.05. The van der Waals surface area contributed by atoms with E-state index in [2.05, 4.69) is 28.2 Å². The topological polar surface area (TPSA) is 77.4 Å². The lowest BCUT2D eigenvalue weighted by Crippen LogP contribution is -2.27. The summed E-state index contributed by atoms with van der Waals surface area (Å²) in [5.74, 6) is -0.246. The lowest BCUT2D eigenvalue weighted by atomic mass is 9.88. The lowest BCUT2D eigenvalue weighted by Gasteiger charge is -2.18. The van der Waals surface area contributed by atoms with E-state index in [1.807, 2.05) is 0 Å². The molecular formula is C18H19BrN2O4S. The summed E-state index contributed by atoms with van der Waals surface area (Å²) in [5.41, 5.74) is 1.17. The summed E-state index contributed by atoms with van der Waals surface area (Å²) >= 11 is 4.71. The average Bonchev–Trinajstić information content (AvgIpc) is 2.94. The number of amides is 1. The van der Waals surface area contributed by atoms with Crippen LogP contribution < -0.4 is 10.9 Å².